The van der Waals surface area contributed by atoms with Crippen LogP contribution >= 0.6 is 0 Å². The van der Waals surface area contributed by atoms with E-state index in [1.54, 1.807) is 0 Å². The van der Waals surface area contributed by atoms with Gasteiger partial charge in [-0.2, -0.15) is 0 Å². The van der Waals surface area contributed by atoms with E-state index in [0.29, 0.717) is 12.1 Å². The fraction of sp³-hybridized carbons (Fsp3) is 1.00. The molecule has 4 heteroatoms. The molecule has 0 radical (unpaired) electrons. The van der Waals surface area contributed by atoms with Crippen LogP contribution in [0.5, 0.6) is 0 Å². The molecule has 0 amide bonds. The Kier molecular flexibility index (Phi) is 5.67. The van der Waals surface area contributed by atoms with E-state index in [9.17, 15) is 4.21 Å². The number of nitrogens with two attached hydrogens (primary N) is 1. The molecule has 1 fully saturated rings. The zero-order valence-electron chi connectivity index (χ0n) is 9.00. The summed E-state index contributed by atoms with van der Waals surface area (Å²) in [5.41, 5.74) is 5.82. The smallest absolute Gasteiger partial charge is 0.0360 e. The predicted octanol–water partition coefficient (Wildman–Crippen LogP) is 0.614. The molecule has 1 rings (SSSR count). The first-order valence-electron chi connectivity index (χ1n) is 5.56. The van der Waals surface area contributed by atoms with E-state index in [1.807, 2.05) is 6.92 Å². The molecule has 1 unspecified atom stereocenters. The van der Waals surface area contributed by atoms with Crippen LogP contribution in [-0.4, -0.2) is 34.3 Å². The third kappa shape index (κ3) is 4.53. The third-order valence-corrected chi connectivity index (χ3v) is 4.16. The minimum Gasteiger partial charge on any atom is -0.328 e. The SMILES string of the molecule is CCS(=O)CCNC1CCC(N)CC1. The van der Waals surface area contributed by atoms with Gasteiger partial charge in [-0.1, -0.05) is 6.92 Å². The molecule has 0 aromatic heterocycles. The average Bonchev–Trinajstić information content (AvgIpc) is 2.21. The number of hydrogen-bond donors (Lipinski definition) is 2. The summed E-state index contributed by atoms with van der Waals surface area (Å²) < 4.78 is 11.2. The minimum atomic E-state index is -0.626. The number of rotatable bonds is 5. The molecule has 1 atom stereocenters. The Bertz CT molecular complexity index is 179. The normalized spacial score (nSPS) is 30.1. The van der Waals surface area contributed by atoms with Crippen molar-refractivity contribution in [1.82, 2.24) is 5.32 Å². The standard InChI is InChI=1S/C10H22N2OS/c1-2-14(13)8-7-12-10-5-3-9(11)4-6-10/h9-10,12H,2-8,11H2,1H3. The minimum absolute atomic E-state index is 0.415. The molecule has 3 nitrogen and oxygen atoms in total. The highest BCUT2D eigenvalue weighted by molar-refractivity contribution is 7.84. The van der Waals surface area contributed by atoms with Gasteiger partial charge < -0.3 is 11.1 Å². The Morgan fingerprint density at radius 2 is 2.00 bits per heavy atom. The highest BCUT2D eigenvalue weighted by Crippen LogP contribution is 2.16. The molecular weight excluding hydrogens is 196 g/mol. The monoisotopic (exact) mass is 218 g/mol. The summed E-state index contributed by atoms with van der Waals surface area (Å²) >= 11 is 0. The Balaban J connectivity index is 2.04. The summed E-state index contributed by atoms with van der Waals surface area (Å²) in [6.45, 7) is 2.86. The van der Waals surface area contributed by atoms with Crippen molar-refractivity contribution in [3.63, 3.8) is 0 Å². The molecule has 0 spiro atoms. The zero-order valence-corrected chi connectivity index (χ0v) is 9.81. The number of nitrogens with one attached hydrogen (secondary N) is 1. The largest absolute Gasteiger partial charge is 0.328 e. The first kappa shape index (κ1) is 12.1. The molecule has 3 N–H and O–H groups in total. The summed E-state index contributed by atoms with van der Waals surface area (Å²) in [4.78, 5) is 0. The van der Waals surface area contributed by atoms with Gasteiger partial charge in [0.25, 0.3) is 0 Å². The summed E-state index contributed by atoms with van der Waals surface area (Å²) in [6, 6.07) is 1.03. The van der Waals surface area contributed by atoms with Crippen LogP contribution in [-0.2, 0) is 10.8 Å². The lowest BCUT2D eigenvalue weighted by molar-refractivity contribution is 0.348. The quantitative estimate of drug-likeness (QED) is 0.711. The van der Waals surface area contributed by atoms with Gasteiger partial charge in [0, 0.05) is 40.9 Å². The molecule has 14 heavy (non-hydrogen) atoms. The molecule has 0 bridgehead atoms. The highest BCUT2D eigenvalue weighted by atomic mass is 32.2. The van der Waals surface area contributed by atoms with Crippen LogP contribution in [0.4, 0.5) is 0 Å². The molecule has 1 aliphatic rings. The molecule has 0 aromatic rings. The summed E-state index contributed by atoms with van der Waals surface area (Å²) in [6.07, 6.45) is 4.63. The first-order valence-corrected chi connectivity index (χ1v) is 7.05. The van der Waals surface area contributed by atoms with Gasteiger partial charge in [0.15, 0.2) is 0 Å². The molecule has 0 aliphatic heterocycles. The van der Waals surface area contributed by atoms with Crippen LogP contribution in [0.2, 0.25) is 0 Å². The van der Waals surface area contributed by atoms with Gasteiger partial charge >= 0.3 is 0 Å². The second-order valence-corrected chi connectivity index (χ2v) is 5.86. The molecular formula is C10H22N2OS. The Labute approximate surface area is 89.3 Å². The van der Waals surface area contributed by atoms with Crippen LogP contribution in [0, 0.1) is 0 Å². The van der Waals surface area contributed by atoms with Crippen molar-refractivity contribution in [3.05, 3.63) is 0 Å². The fourth-order valence-corrected chi connectivity index (χ4v) is 2.48. The Morgan fingerprint density at radius 1 is 1.36 bits per heavy atom. The van der Waals surface area contributed by atoms with Crippen molar-refractivity contribution in [2.24, 2.45) is 5.73 Å². The number of hydrogen-bond acceptors (Lipinski definition) is 3. The Morgan fingerprint density at radius 3 is 2.57 bits per heavy atom. The van der Waals surface area contributed by atoms with E-state index < -0.39 is 10.8 Å². The Hall–Kier alpha value is 0.0700. The van der Waals surface area contributed by atoms with Gasteiger partial charge in [-0.05, 0) is 25.7 Å². The highest BCUT2D eigenvalue weighted by Gasteiger charge is 2.17. The van der Waals surface area contributed by atoms with Crippen molar-refractivity contribution in [2.75, 3.05) is 18.1 Å². The van der Waals surface area contributed by atoms with E-state index in [-0.39, 0.29) is 0 Å². The van der Waals surface area contributed by atoms with Gasteiger partial charge in [-0.15, -0.1) is 0 Å². The van der Waals surface area contributed by atoms with E-state index in [4.69, 9.17) is 5.73 Å². The average molecular weight is 218 g/mol. The zero-order chi connectivity index (χ0) is 10.4. The topological polar surface area (TPSA) is 55.1 Å². The fourth-order valence-electron chi connectivity index (χ4n) is 1.84. The van der Waals surface area contributed by atoms with Crippen LogP contribution in [0.15, 0.2) is 0 Å². The summed E-state index contributed by atoms with van der Waals surface area (Å²) in [7, 11) is -0.626. The van der Waals surface area contributed by atoms with Crippen LogP contribution in [0.25, 0.3) is 0 Å². The van der Waals surface area contributed by atoms with Crippen molar-refractivity contribution in [2.45, 2.75) is 44.7 Å². The third-order valence-electron chi connectivity index (χ3n) is 2.86. The predicted molar refractivity (Wildman–Crippen MR) is 61.8 cm³/mol. The van der Waals surface area contributed by atoms with Gasteiger partial charge in [-0.3, -0.25) is 4.21 Å². The second kappa shape index (κ2) is 6.53. The molecule has 0 saturated heterocycles. The van der Waals surface area contributed by atoms with Crippen LogP contribution in [0.3, 0.4) is 0 Å². The van der Waals surface area contributed by atoms with Crippen molar-refractivity contribution in [3.8, 4) is 0 Å². The van der Waals surface area contributed by atoms with Gasteiger partial charge in [-0.25, -0.2) is 0 Å². The molecule has 1 aliphatic carbocycles. The van der Waals surface area contributed by atoms with Gasteiger partial charge in [0.2, 0.25) is 0 Å². The van der Waals surface area contributed by atoms with Gasteiger partial charge in [0.05, 0.1) is 0 Å². The van der Waals surface area contributed by atoms with Crippen LogP contribution in [0.1, 0.15) is 32.6 Å². The maximum Gasteiger partial charge on any atom is 0.0360 e. The molecule has 0 aromatic carbocycles. The first-order chi connectivity index (χ1) is 6.72. The van der Waals surface area contributed by atoms with Gasteiger partial charge in [0.1, 0.15) is 0 Å². The molecule has 1 saturated carbocycles. The summed E-state index contributed by atoms with van der Waals surface area (Å²) in [5, 5.41) is 3.46. The van der Waals surface area contributed by atoms with Crippen LogP contribution < -0.4 is 11.1 Å². The summed E-state index contributed by atoms with van der Waals surface area (Å²) in [5.74, 6) is 1.57. The van der Waals surface area contributed by atoms with E-state index in [0.717, 1.165) is 30.9 Å². The molecule has 84 valence electrons. The second-order valence-electron chi connectivity index (χ2n) is 4.00. The lowest BCUT2D eigenvalue weighted by Crippen LogP contribution is -2.38. The van der Waals surface area contributed by atoms with E-state index >= 15 is 0 Å². The van der Waals surface area contributed by atoms with Crippen molar-refractivity contribution >= 4 is 10.8 Å². The lowest BCUT2D eigenvalue weighted by Gasteiger charge is -2.26. The lowest BCUT2D eigenvalue weighted by atomic mass is 9.92. The maximum atomic E-state index is 11.2. The van der Waals surface area contributed by atoms with Crippen molar-refractivity contribution in [1.29, 1.82) is 0 Å². The van der Waals surface area contributed by atoms with Crippen molar-refractivity contribution < 1.29 is 4.21 Å². The molecule has 0 heterocycles. The van der Waals surface area contributed by atoms with E-state index in [2.05, 4.69) is 5.32 Å². The maximum absolute atomic E-state index is 11.2. The van der Waals surface area contributed by atoms with E-state index in [1.165, 1.54) is 12.8 Å².